The Kier molecular flexibility index (Phi) is 3.76. The van der Waals surface area contributed by atoms with Crippen molar-refractivity contribution in [1.29, 1.82) is 0 Å². The number of thiophene rings is 1. The molecule has 0 amide bonds. The molecular weight excluding hydrogens is 362 g/mol. The predicted molar refractivity (Wildman–Crippen MR) is 83.3 cm³/mol. The third-order valence-corrected chi connectivity index (χ3v) is 8.96. The van der Waals surface area contributed by atoms with Crippen LogP contribution in [0.5, 0.6) is 5.75 Å². The summed E-state index contributed by atoms with van der Waals surface area (Å²) >= 11 is 0.544. The summed E-state index contributed by atoms with van der Waals surface area (Å²) in [6.45, 7) is 0. The van der Waals surface area contributed by atoms with Gasteiger partial charge in [-0.1, -0.05) is 12.1 Å². The highest BCUT2D eigenvalue weighted by atomic mass is 32.3. The molecule has 2 unspecified atom stereocenters. The van der Waals surface area contributed by atoms with Gasteiger partial charge in [-0.05, 0) is 30.2 Å². The van der Waals surface area contributed by atoms with E-state index in [1.54, 1.807) is 0 Å². The lowest BCUT2D eigenvalue weighted by Gasteiger charge is -2.26. The lowest BCUT2D eigenvalue weighted by atomic mass is 10.0. The van der Waals surface area contributed by atoms with Crippen LogP contribution in [0.15, 0.2) is 38.8 Å². The van der Waals surface area contributed by atoms with Gasteiger partial charge in [-0.2, -0.15) is 0 Å². The number of primary sulfonamides is 1. The minimum absolute atomic E-state index is 0.00386. The van der Waals surface area contributed by atoms with Gasteiger partial charge in [0.1, 0.15) is 14.2 Å². The molecule has 2 heterocycles. The van der Waals surface area contributed by atoms with Crippen LogP contribution in [0, 0.1) is 0 Å². The maximum atomic E-state index is 12.8. The molecular formula is C13H13NO6S3. The fourth-order valence-electron chi connectivity index (χ4n) is 2.55. The van der Waals surface area contributed by atoms with Crippen molar-refractivity contribution in [3.8, 4) is 5.75 Å². The zero-order chi connectivity index (χ0) is 17.0. The molecule has 0 radical (unpaired) electrons. The van der Waals surface area contributed by atoms with E-state index in [0.29, 0.717) is 16.9 Å². The second-order valence-corrected chi connectivity index (χ2v) is 10.4. The number of sulfonamides is 1. The minimum atomic E-state index is -4.05. The number of fused-ring (bicyclic) bond motifs is 1. The first-order valence-corrected chi connectivity index (χ1v) is 10.4. The molecule has 0 spiro atoms. The Morgan fingerprint density at radius 3 is 2.39 bits per heavy atom. The Hall–Kier alpha value is -1.46. The average molecular weight is 375 g/mol. The molecule has 0 bridgehead atoms. The van der Waals surface area contributed by atoms with E-state index in [4.69, 9.17) is 5.14 Å². The number of hydrogen-bond donors (Lipinski definition) is 3. The second kappa shape index (κ2) is 5.28. The molecule has 1 aliphatic heterocycles. The van der Waals surface area contributed by atoms with Gasteiger partial charge in [0.25, 0.3) is 0 Å². The molecule has 0 saturated heterocycles. The predicted octanol–water partition coefficient (Wildman–Crippen LogP) is 1.05. The molecule has 0 saturated carbocycles. The number of aromatic hydroxyl groups is 1. The van der Waals surface area contributed by atoms with Gasteiger partial charge in [-0.25, -0.2) is 22.0 Å². The van der Waals surface area contributed by atoms with Crippen molar-refractivity contribution in [2.75, 3.05) is 0 Å². The maximum absolute atomic E-state index is 12.8. The molecule has 7 nitrogen and oxygen atoms in total. The summed E-state index contributed by atoms with van der Waals surface area (Å²) < 4.78 is 48.0. The maximum Gasteiger partial charge on any atom is 0.247 e. The average Bonchev–Trinajstić information content (AvgIpc) is 2.91. The molecule has 2 aromatic rings. The first-order chi connectivity index (χ1) is 10.6. The van der Waals surface area contributed by atoms with Crippen LogP contribution in [0.4, 0.5) is 0 Å². The fourth-order valence-corrected chi connectivity index (χ4v) is 7.21. The van der Waals surface area contributed by atoms with E-state index in [-0.39, 0.29) is 26.2 Å². The molecule has 0 aliphatic carbocycles. The highest BCUT2D eigenvalue weighted by Gasteiger charge is 2.41. The van der Waals surface area contributed by atoms with E-state index < -0.39 is 31.2 Å². The van der Waals surface area contributed by atoms with Crippen molar-refractivity contribution in [2.24, 2.45) is 5.14 Å². The van der Waals surface area contributed by atoms with E-state index >= 15 is 0 Å². The molecule has 4 N–H and O–H groups in total. The standard InChI is InChI=1S/C13H13NO6S3/c14-23(19,20)12-5-9-10(16)6-11(22(17,18)13(9)21-12)7-1-3-8(15)4-2-7/h1-5,10-11,15-16H,6H2,(H2,14,19,20). The van der Waals surface area contributed by atoms with E-state index in [2.05, 4.69) is 0 Å². The van der Waals surface area contributed by atoms with Gasteiger partial charge in [0.05, 0.1) is 11.4 Å². The number of aliphatic hydroxyl groups excluding tert-OH is 1. The van der Waals surface area contributed by atoms with E-state index in [9.17, 15) is 27.0 Å². The Balaban J connectivity index is 2.16. The van der Waals surface area contributed by atoms with Crippen molar-refractivity contribution >= 4 is 31.2 Å². The Morgan fingerprint density at radius 1 is 1.22 bits per heavy atom. The Labute approximate surface area is 137 Å². The molecule has 23 heavy (non-hydrogen) atoms. The van der Waals surface area contributed by atoms with Crippen molar-refractivity contribution in [1.82, 2.24) is 0 Å². The van der Waals surface area contributed by atoms with Gasteiger partial charge in [0.2, 0.25) is 10.0 Å². The third kappa shape index (κ3) is 2.76. The number of benzene rings is 1. The van der Waals surface area contributed by atoms with Gasteiger partial charge in [0.15, 0.2) is 9.84 Å². The Morgan fingerprint density at radius 2 is 1.83 bits per heavy atom. The summed E-state index contributed by atoms with van der Waals surface area (Å²) in [7, 11) is -7.91. The van der Waals surface area contributed by atoms with E-state index in [0.717, 1.165) is 6.07 Å². The molecule has 1 aliphatic rings. The lowest BCUT2D eigenvalue weighted by molar-refractivity contribution is 0.160. The molecule has 1 aromatic heterocycles. The van der Waals surface area contributed by atoms with Crippen molar-refractivity contribution in [3.05, 3.63) is 41.5 Å². The summed E-state index contributed by atoms with van der Waals surface area (Å²) in [5, 5.41) is 23.6. The highest BCUT2D eigenvalue weighted by Crippen LogP contribution is 2.48. The van der Waals surface area contributed by atoms with Gasteiger partial charge >= 0.3 is 0 Å². The van der Waals surface area contributed by atoms with E-state index in [1.807, 2.05) is 0 Å². The fraction of sp³-hybridized carbons (Fsp3) is 0.231. The minimum Gasteiger partial charge on any atom is -0.508 e. The molecule has 2 atom stereocenters. The molecule has 0 fully saturated rings. The Bertz CT molecular complexity index is 960. The number of phenols is 1. The highest BCUT2D eigenvalue weighted by molar-refractivity contribution is 7.95. The number of phenolic OH excluding ortho intramolecular Hbond substituents is 1. The quantitative estimate of drug-likeness (QED) is 0.718. The van der Waals surface area contributed by atoms with Crippen molar-refractivity contribution < 1.29 is 27.0 Å². The molecule has 1 aromatic carbocycles. The monoisotopic (exact) mass is 375 g/mol. The lowest BCUT2D eigenvalue weighted by Crippen LogP contribution is -2.22. The summed E-state index contributed by atoms with van der Waals surface area (Å²) in [4.78, 5) is 0. The largest absolute Gasteiger partial charge is 0.508 e. The summed E-state index contributed by atoms with van der Waals surface area (Å²) in [5.74, 6) is -0.00386. The van der Waals surface area contributed by atoms with Gasteiger partial charge in [-0.15, -0.1) is 11.3 Å². The third-order valence-electron chi connectivity index (χ3n) is 3.68. The second-order valence-electron chi connectivity index (χ2n) is 5.23. The number of hydrogen-bond acceptors (Lipinski definition) is 7. The van der Waals surface area contributed by atoms with Crippen LogP contribution in [-0.2, 0) is 19.9 Å². The summed E-state index contributed by atoms with van der Waals surface area (Å²) in [6.07, 6.45) is -1.21. The first-order valence-electron chi connectivity index (χ1n) is 6.48. The number of rotatable bonds is 2. The number of sulfone groups is 1. The van der Waals surface area contributed by atoms with Crippen molar-refractivity contribution in [2.45, 2.75) is 26.2 Å². The smallest absolute Gasteiger partial charge is 0.247 e. The van der Waals surface area contributed by atoms with Crippen LogP contribution in [0.1, 0.15) is 28.9 Å². The van der Waals surface area contributed by atoms with Crippen molar-refractivity contribution in [3.63, 3.8) is 0 Å². The molecule has 3 rings (SSSR count). The molecule has 124 valence electrons. The normalized spacial score (nSPS) is 23.4. The van der Waals surface area contributed by atoms with Crippen LogP contribution >= 0.6 is 11.3 Å². The van der Waals surface area contributed by atoms with Gasteiger partial charge in [0, 0.05) is 5.56 Å². The zero-order valence-electron chi connectivity index (χ0n) is 11.6. The van der Waals surface area contributed by atoms with Gasteiger partial charge in [-0.3, -0.25) is 0 Å². The van der Waals surface area contributed by atoms with Crippen LogP contribution in [0.25, 0.3) is 0 Å². The SMILES string of the molecule is NS(=O)(=O)c1cc2c(s1)S(=O)(=O)C(c1ccc(O)cc1)CC2O. The first kappa shape index (κ1) is 16.4. The summed E-state index contributed by atoms with van der Waals surface area (Å²) in [5.41, 5.74) is 0.479. The topological polar surface area (TPSA) is 135 Å². The van der Waals surface area contributed by atoms with E-state index in [1.165, 1.54) is 24.3 Å². The van der Waals surface area contributed by atoms with Crippen LogP contribution < -0.4 is 5.14 Å². The van der Waals surface area contributed by atoms with Crippen LogP contribution in [0.3, 0.4) is 0 Å². The molecule has 10 heteroatoms. The van der Waals surface area contributed by atoms with Crippen LogP contribution in [0.2, 0.25) is 0 Å². The van der Waals surface area contributed by atoms with Gasteiger partial charge < -0.3 is 10.2 Å². The number of aliphatic hydroxyl groups is 1. The summed E-state index contributed by atoms with van der Waals surface area (Å²) in [6, 6.07) is 6.76. The van der Waals surface area contributed by atoms with Crippen LogP contribution in [-0.4, -0.2) is 27.0 Å². The zero-order valence-corrected chi connectivity index (χ0v) is 14.0. The number of nitrogens with two attached hydrogens (primary N) is 1.